The Bertz CT molecular complexity index is 663. The number of aliphatic carboxylic acids is 1. The Balaban J connectivity index is 2.92. The molecule has 0 bridgehead atoms. The lowest BCUT2D eigenvalue weighted by Crippen LogP contribution is -2.47. The zero-order valence-electron chi connectivity index (χ0n) is 18.4. The number of carbonyl (C=O) groups is 3. The molecule has 0 aromatic rings. The quantitative estimate of drug-likeness (QED) is 0.493. The van der Waals surface area contributed by atoms with Crippen molar-refractivity contribution in [3.63, 3.8) is 0 Å². The number of carboxylic acids is 1. The summed E-state index contributed by atoms with van der Waals surface area (Å²) in [5.74, 6) is -1.24. The van der Waals surface area contributed by atoms with Crippen molar-refractivity contribution in [2.24, 2.45) is 0 Å². The summed E-state index contributed by atoms with van der Waals surface area (Å²) in [5.41, 5.74) is -1.55. The summed E-state index contributed by atoms with van der Waals surface area (Å²) >= 11 is 0. The average Bonchev–Trinajstić information content (AvgIpc) is 2.73. The molecule has 0 spiro atoms. The van der Waals surface area contributed by atoms with Crippen LogP contribution in [-0.4, -0.2) is 57.5 Å². The van der Waals surface area contributed by atoms with Gasteiger partial charge in [0.25, 0.3) is 0 Å². The lowest BCUT2D eigenvalue weighted by molar-refractivity contribution is -0.141. The molecule has 0 saturated carbocycles. The molecule has 0 aromatic carbocycles. The van der Waals surface area contributed by atoms with Crippen LogP contribution in [0.2, 0.25) is 0 Å². The van der Waals surface area contributed by atoms with Gasteiger partial charge in [-0.3, -0.25) is 9.59 Å². The normalized spacial score (nSPS) is 22.8. The molecule has 0 aliphatic carbocycles. The van der Waals surface area contributed by atoms with E-state index in [0.29, 0.717) is 0 Å². The molecule has 8 heteroatoms. The third-order valence-electron chi connectivity index (χ3n) is 4.40. The molecule has 2 amide bonds. The van der Waals surface area contributed by atoms with Gasteiger partial charge in [-0.25, -0.2) is 4.79 Å². The Kier molecular flexibility index (Phi) is 8.44. The summed E-state index contributed by atoms with van der Waals surface area (Å²) in [6.45, 7) is 12.5. The van der Waals surface area contributed by atoms with Gasteiger partial charge in [-0.1, -0.05) is 18.2 Å². The van der Waals surface area contributed by atoms with Gasteiger partial charge in [0.1, 0.15) is 11.3 Å². The van der Waals surface area contributed by atoms with E-state index in [1.807, 2.05) is 19.9 Å². The maximum atomic E-state index is 12.6. The third kappa shape index (κ3) is 7.89. The average molecular weight is 411 g/mol. The van der Waals surface area contributed by atoms with E-state index in [-0.39, 0.29) is 24.8 Å². The highest BCUT2D eigenvalue weighted by molar-refractivity contribution is 5.88. The van der Waals surface area contributed by atoms with E-state index in [4.69, 9.17) is 9.47 Å². The number of allylic oxidation sites excluding steroid dienone is 3. The molecule has 1 aliphatic rings. The molecule has 0 radical (unpaired) electrons. The number of ether oxygens (including phenoxy) is 2. The topological polar surface area (TPSA) is 105 Å². The Labute approximate surface area is 172 Å². The van der Waals surface area contributed by atoms with Gasteiger partial charge in [0.2, 0.25) is 5.91 Å². The SMILES string of the molecule is C/C=C\C=C\C(=O)N1[C@H](C)[C@@H](C[C@H](CC(=O)O)NC(=O)OC(C)(C)C)OC1(C)C. The van der Waals surface area contributed by atoms with Crippen molar-refractivity contribution in [2.75, 3.05) is 0 Å². The zero-order valence-corrected chi connectivity index (χ0v) is 18.4. The smallest absolute Gasteiger partial charge is 0.407 e. The molecule has 1 saturated heterocycles. The third-order valence-corrected chi connectivity index (χ3v) is 4.40. The van der Waals surface area contributed by atoms with Gasteiger partial charge < -0.3 is 24.8 Å². The second-order valence-corrected chi connectivity index (χ2v) is 8.61. The van der Waals surface area contributed by atoms with Gasteiger partial charge >= 0.3 is 12.1 Å². The van der Waals surface area contributed by atoms with Crippen LogP contribution in [-0.2, 0) is 19.1 Å². The molecule has 0 unspecified atom stereocenters. The van der Waals surface area contributed by atoms with Gasteiger partial charge in [-0.2, -0.15) is 0 Å². The fourth-order valence-corrected chi connectivity index (χ4v) is 3.38. The first-order chi connectivity index (χ1) is 13.3. The molecule has 0 aromatic heterocycles. The van der Waals surface area contributed by atoms with Crippen molar-refractivity contribution in [1.82, 2.24) is 10.2 Å². The molecular formula is C21H34N2O6. The van der Waals surface area contributed by atoms with Gasteiger partial charge in [-0.05, 0) is 54.9 Å². The van der Waals surface area contributed by atoms with E-state index in [0.717, 1.165) is 0 Å². The molecule has 164 valence electrons. The first-order valence-corrected chi connectivity index (χ1v) is 9.78. The predicted octanol–water partition coefficient (Wildman–Crippen LogP) is 3.23. The minimum absolute atomic E-state index is 0.196. The number of rotatable bonds is 7. The van der Waals surface area contributed by atoms with Crippen molar-refractivity contribution in [2.45, 2.75) is 90.8 Å². The van der Waals surface area contributed by atoms with E-state index in [9.17, 15) is 19.5 Å². The molecule has 2 N–H and O–H groups in total. The number of nitrogens with one attached hydrogen (secondary N) is 1. The van der Waals surface area contributed by atoms with E-state index in [1.165, 1.54) is 6.08 Å². The summed E-state index contributed by atoms with van der Waals surface area (Å²) < 4.78 is 11.3. The summed E-state index contributed by atoms with van der Waals surface area (Å²) in [7, 11) is 0. The van der Waals surface area contributed by atoms with Crippen molar-refractivity contribution in [1.29, 1.82) is 0 Å². The van der Waals surface area contributed by atoms with Crippen LogP contribution < -0.4 is 5.32 Å². The highest BCUT2D eigenvalue weighted by atomic mass is 16.6. The van der Waals surface area contributed by atoms with Crippen LogP contribution in [0.25, 0.3) is 0 Å². The monoisotopic (exact) mass is 410 g/mol. The highest BCUT2D eigenvalue weighted by Gasteiger charge is 2.47. The number of hydrogen-bond donors (Lipinski definition) is 2. The Hall–Kier alpha value is -2.35. The van der Waals surface area contributed by atoms with Crippen LogP contribution in [0.1, 0.15) is 61.3 Å². The van der Waals surface area contributed by atoms with Gasteiger partial charge in [-0.15, -0.1) is 0 Å². The van der Waals surface area contributed by atoms with Crippen LogP contribution >= 0.6 is 0 Å². The van der Waals surface area contributed by atoms with Crippen LogP contribution in [0.5, 0.6) is 0 Å². The minimum Gasteiger partial charge on any atom is -0.481 e. The lowest BCUT2D eigenvalue weighted by atomic mass is 10.0. The number of alkyl carbamates (subject to hydrolysis) is 1. The van der Waals surface area contributed by atoms with Crippen LogP contribution in [0.15, 0.2) is 24.3 Å². The molecular weight excluding hydrogens is 376 g/mol. The van der Waals surface area contributed by atoms with Gasteiger partial charge in [0.15, 0.2) is 0 Å². The van der Waals surface area contributed by atoms with Crippen molar-refractivity contribution in [3.8, 4) is 0 Å². The molecule has 1 heterocycles. The molecule has 3 atom stereocenters. The summed E-state index contributed by atoms with van der Waals surface area (Å²) in [5, 5.41) is 11.8. The second-order valence-electron chi connectivity index (χ2n) is 8.61. The van der Waals surface area contributed by atoms with Crippen molar-refractivity contribution < 1.29 is 29.0 Å². The fourth-order valence-electron chi connectivity index (χ4n) is 3.38. The Morgan fingerprint density at radius 3 is 2.41 bits per heavy atom. The number of hydrogen-bond acceptors (Lipinski definition) is 5. The molecule has 1 rings (SSSR count). The molecule has 1 fully saturated rings. The Morgan fingerprint density at radius 2 is 1.90 bits per heavy atom. The van der Waals surface area contributed by atoms with Crippen LogP contribution in [0.3, 0.4) is 0 Å². The number of carboxylic acid groups (broad SMARTS) is 1. The standard InChI is InChI=1S/C21H34N2O6/c1-8-9-10-11-17(24)23-14(2)16(28-21(23,6)7)12-15(13-18(25)26)22-19(27)29-20(3,4)5/h8-11,14-16H,12-13H2,1-7H3,(H,22,27)(H,25,26)/b9-8-,11-10+/t14-,15-,16-/m1/s1. The largest absolute Gasteiger partial charge is 0.481 e. The summed E-state index contributed by atoms with van der Waals surface area (Å²) in [6.07, 6.45) is 5.55. The van der Waals surface area contributed by atoms with E-state index >= 15 is 0 Å². The van der Waals surface area contributed by atoms with Crippen LogP contribution in [0.4, 0.5) is 4.79 Å². The van der Waals surface area contributed by atoms with E-state index < -0.39 is 35.5 Å². The zero-order chi connectivity index (χ0) is 22.4. The maximum Gasteiger partial charge on any atom is 0.407 e. The first kappa shape index (κ1) is 24.7. The van der Waals surface area contributed by atoms with E-state index in [2.05, 4.69) is 5.32 Å². The van der Waals surface area contributed by atoms with Crippen molar-refractivity contribution >= 4 is 18.0 Å². The second kappa shape index (κ2) is 9.91. The minimum atomic E-state index is -1.04. The van der Waals surface area contributed by atoms with Gasteiger partial charge in [0, 0.05) is 12.1 Å². The summed E-state index contributed by atoms with van der Waals surface area (Å²) in [4.78, 5) is 37.6. The molecule has 1 aliphatic heterocycles. The van der Waals surface area contributed by atoms with E-state index in [1.54, 1.807) is 51.7 Å². The predicted molar refractivity (Wildman–Crippen MR) is 109 cm³/mol. The number of amides is 2. The van der Waals surface area contributed by atoms with Crippen molar-refractivity contribution in [3.05, 3.63) is 24.3 Å². The van der Waals surface area contributed by atoms with Crippen LogP contribution in [0, 0.1) is 0 Å². The fraction of sp³-hybridized carbons (Fsp3) is 0.667. The maximum absolute atomic E-state index is 12.6. The summed E-state index contributed by atoms with van der Waals surface area (Å²) in [6, 6.07) is -0.997. The molecule has 29 heavy (non-hydrogen) atoms. The highest BCUT2D eigenvalue weighted by Crippen LogP contribution is 2.34. The van der Waals surface area contributed by atoms with Gasteiger partial charge in [0.05, 0.1) is 18.6 Å². The molecule has 8 nitrogen and oxygen atoms in total. The lowest BCUT2D eigenvalue weighted by Gasteiger charge is -2.31. The number of carbonyl (C=O) groups excluding carboxylic acids is 2. The number of nitrogens with zero attached hydrogens (tertiary/aromatic N) is 1. The Morgan fingerprint density at radius 1 is 1.28 bits per heavy atom. The first-order valence-electron chi connectivity index (χ1n) is 9.78.